The largest absolute Gasteiger partial charge is 0.496 e. The van der Waals surface area contributed by atoms with E-state index in [0.29, 0.717) is 16.9 Å². The molecule has 31 heavy (non-hydrogen) atoms. The van der Waals surface area contributed by atoms with E-state index in [1.54, 1.807) is 30.6 Å². The molecule has 0 fully saturated rings. The van der Waals surface area contributed by atoms with E-state index in [-0.39, 0.29) is 17.8 Å². The van der Waals surface area contributed by atoms with Gasteiger partial charge in [-0.15, -0.1) is 16.4 Å². The number of benzene rings is 2. The van der Waals surface area contributed by atoms with Crippen molar-refractivity contribution in [1.29, 1.82) is 0 Å². The first-order chi connectivity index (χ1) is 15.2. The fraction of sp³-hybridized carbons (Fsp3) is 0.0435. The van der Waals surface area contributed by atoms with E-state index in [0.717, 1.165) is 21.5 Å². The molecule has 3 heterocycles. The summed E-state index contributed by atoms with van der Waals surface area (Å²) in [6.45, 7) is 0. The minimum absolute atomic E-state index is 0.00414. The van der Waals surface area contributed by atoms with Crippen LogP contribution in [0.3, 0.4) is 0 Å². The van der Waals surface area contributed by atoms with E-state index < -0.39 is 0 Å². The third-order valence-electron chi connectivity index (χ3n) is 4.72. The van der Waals surface area contributed by atoms with Crippen LogP contribution in [0.25, 0.3) is 32.9 Å². The number of methoxy groups -OCH3 is 1. The molecule has 0 radical (unpaired) electrons. The smallest absolute Gasteiger partial charge is 0.322 e. The van der Waals surface area contributed by atoms with Crippen LogP contribution in [-0.2, 0) is 0 Å². The average Bonchev–Trinajstić information content (AvgIpc) is 3.51. The molecule has 3 aromatic heterocycles. The highest BCUT2D eigenvalue weighted by Crippen LogP contribution is 2.30. The number of hydrogen-bond donors (Lipinski definition) is 1. The Morgan fingerprint density at radius 1 is 1.03 bits per heavy atom. The van der Waals surface area contributed by atoms with Gasteiger partial charge in [0.25, 0.3) is 11.8 Å². The number of nitrogens with one attached hydrogen (secondary N) is 1. The number of ether oxygens (including phenoxy) is 1. The van der Waals surface area contributed by atoms with Gasteiger partial charge in [0.15, 0.2) is 0 Å². The molecule has 0 atom stereocenters. The van der Waals surface area contributed by atoms with Gasteiger partial charge in [-0.3, -0.25) is 10.1 Å². The highest BCUT2D eigenvalue weighted by molar-refractivity contribution is 7.13. The van der Waals surface area contributed by atoms with Gasteiger partial charge >= 0.3 is 6.01 Å². The molecule has 0 aliphatic carbocycles. The molecule has 0 aliphatic rings. The zero-order valence-electron chi connectivity index (χ0n) is 16.4. The highest BCUT2D eigenvalue weighted by Gasteiger charge is 2.18. The number of carbonyl (C=O) groups is 1. The molecule has 0 unspecified atom stereocenters. The fourth-order valence-electron chi connectivity index (χ4n) is 3.28. The number of anilines is 1. The van der Waals surface area contributed by atoms with Gasteiger partial charge in [0.2, 0.25) is 0 Å². The van der Waals surface area contributed by atoms with Crippen LogP contribution in [0.2, 0.25) is 0 Å². The number of thiophene rings is 1. The lowest BCUT2D eigenvalue weighted by atomic mass is 10.1. The first kappa shape index (κ1) is 19.0. The van der Waals surface area contributed by atoms with Gasteiger partial charge in [-0.05, 0) is 35.7 Å². The maximum atomic E-state index is 13.1. The molecule has 0 saturated heterocycles. The molecule has 2 aromatic carbocycles. The zero-order chi connectivity index (χ0) is 21.2. The second-order valence-electron chi connectivity index (χ2n) is 6.62. The Labute approximate surface area is 181 Å². The summed E-state index contributed by atoms with van der Waals surface area (Å²) < 4.78 is 11.0. The van der Waals surface area contributed by atoms with Crippen molar-refractivity contribution in [3.8, 4) is 27.8 Å². The van der Waals surface area contributed by atoms with Crippen molar-refractivity contribution in [3.63, 3.8) is 0 Å². The normalized spacial score (nSPS) is 10.9. The topological polar surface area (TPSA) is 90.1 Å². The minimum atomic E-state index is -0.355. The molecule has 8 heteroatoms. The number of para-hydroxylation sites is 2. The highest BCUT2D eigenvalue weighted by atomic mass is 32.1. The Morgan fingerprint density at radius 3 is 2.71 bits per heavy atom. The molecule has 0 saturated carbocycles. The lowest BCUT2D eigenvalue weighted by Crippen LogP contribution is -2.13. The van der Waals surface area contributed by atoms with Crippen LogP contribution in [0.4, 0.5) is 6.01 Å². The monoisotopic (exact) mass is 428 g/mol. The molecule has 0 bridgehead atoms. The van der Waals surface area contributed by atoms with Crippen molar-refractivity contribution in [2.24, 2.45) is 0 Å². The van der Waals surface area contributed by atoms with Gasteiger partial charge in [-0.2, -0.15) is 0 Å². The molecule has 5 rings (SSSR count). The molecule has 0 aliphatic heterocycles. The maximum Gasteiger partial charge on any atom is 0.322 e. The van der Waals surface area contributed by atoms with E-state index in [9.17, 15) is 4.79 Å². The predicted octanol–water partition coefficient (Wildman–Crippen LogP) is 5.27. The third kappa shape index (κ3) is 3.64. The lowest BCUT2D eigenvalue weighted by Gasteiger charge is -2.08. The standard InChI is InChI=1S/C23H16N4O3S/c1-29-19-10-5-3-8-15(19)22-26-27-23(30-22)25-21(28)16-13-18(20-11-6-12-31-20)24-17-9-4-2-7-14(16)17/h2-13H,1H3,(H,25,27,28). The number of carbonyl (C=O) groups excluding carboxylic acids is 1. The Hall–Kier alpha value is -4.04. The zero-order valence-corrected chi connectivity index (χ0v) is 17.2. The van der Waals surface area contributed by atoms with Crippen LogP contribution in [0.5, 0.6) is 5.75 Å². The Bertz CT molecular complexity index is 1380. The summed E-state index contributed by atoms with van der Waals surface area (Å²) in [5.41, 5.74) is 2.59. The van der Waals surface area contributed by atoms with Crippen molar-refractivity contribution in [2.75, 3.05) is 12.4 Å². The van der Waals surface area contributed by atoms with E-state index in [1.807, 2.05) is 60.0 Å². The van der Waals surface area contributed by atoms with E-state index in [4.69, 9.17) is 14.1 Å². The number of rotatable bonds is 5. The van der Waals surface area contributed by atoms with Crippen molar-refractivity contribution in [3.05, 3.63) is 77.7 Å². The summed E-state index contributed by atoms with van der Waals surface area (Å²) in [6.07, 6.45) is 0. The molecule has 1 amide bonds. The Morgan fingerprint density at radius 2 is 1.87 bits per heavy atom. The van der Waals surface area contributed by atoms with Gasteiger partial charge in [0.05, 0.1) is 34.3 Å². The molecule has 1 N–H and O–H groups in total. The van der Waals surface area contributed by atoms with E-state index >= 15 is 0 Å². The van der Waals surface area contributed by atoms with Crippen LogP contribution in [-0.4, -0.2) is 28.2 Å². The fourth-order valence-corrected chi connectivity index (χ4v) is 3.97. The summed E-state index contributed by atoms with van der Waals surface area (Å²) in [4.78, 5) is 18.8. The molecular formula is C23H16N4O3S. The number of fused-ring (bicyclic) bond motifs is 1. The molecule has 152 valence electrons. The number of pyridine rings is 1. The van der Waals surface area contributed by atoms with Gasteiger partial charge in [-0.25, -0.2) is 4.98 Å². The quantitative estimate of drug-likeness (QED) is 0.410. The second kappa shape index (κ2) is 8.00. The maximum absolute atomic E-state index is 13.1. The van der Waals surface area contributed by atoms with Crippen LogP contribution in [0, 0.1) is 0 Å². The molecule has 0 spiro atoms. The molecular weight excluding hydrogens is 412 g/mol. The number of hydrogen-bond acceptors (Lipinski definition) is 7. The van der Waals surface area contributed by atoms with Gasteiger partial charge in [0, 0.05) is 5.39 Å². The number of nitrogens with zero attached hydrogens (tertiary/aromatic N) is 3. The average molecular weight is 428 g/mol. The first-order valence-corrected chi connectivity index (χ1v) is 10.3. The van der Waals surface area contributed by atoms with E-state index in [1.165, 1.54) is 0 Å². The van der Waals surface area contributed by atoms with Crippen molar-refractivity contribution >= 4 is 34.2 Å². The van der Waals surface area contributed by atoms with Crippen LogP contribution < -0.4 is 10.1 Å². The third-order valence-corrected chi connectivity index (χ3v) is 5.61. The predicted molar refractivity (Wildman–Crippen MR) is 119 cm³/mol. The van der Waals surface area contributed by atoms with Crippen molar-refractivity contribution in [1.82, 2.24) is 15.2 Å². The second-order valence-corrected chi connectivity index (χ2v) is 7.56. The van der Waals surface area contributed by atoms with E-state index in [2.05, 4.69) is 15.5 Å². The van der Waals surface area contributed by atoms with Crippen LogP contribution in [0.1, 0.15) is 10.4 Å². The summed E-state index contributed by atoms with van der Waals surface area (Å²) >= 11 is 1.57. The summed E-state index contributed by atoms with van der Waals surface area (Å²) in [5, 5.41) is 13.4. The lowest BCUT2D eigenvalue weighted by molar-refractivity contribution is 0.102. The first-order valence-electron chi connectivity index (χ1n) is 9.45. The Balaban J connectivity index is 1.49. The number of aromatic nitrogens is 3. The minimum Gasteiger partial charge on any atom is -0.496 e. The SMILES string of the molecule is COc1ccccc1-c1nnc(NC(=O)c2cc(-c3cccs3)nc3ccccc23)o1. The Kier molecular flexibility index (Phi) is 4.89. The summed E-state index contributed by atoms with van der Waals surface area (Å²) in [6, 6.07) is 20.5. The van der Waals surface area contributed by atoms with Gasteiger partial charge < -0.3 is 9.15 Å². The number of amides is 1. The molecule has 7 nitrogen and oxygen atoms in total. The summed E-state index contributed by atoms with van der Waals surface area (Å²) in [5.74, 6) is 0.503. The van der Waals surface area contributed by atoms with Gasteiger partial charge in [0.1, 0.15) is 5.75 Å². The van der Waals surface area contributed by atoms with Gasteiger partial charge in [-0.1, -0.05) is 41.5 Å². The van der Waals surface area contributed by atoms with Crippen molar-refractivity contribution in [2.45, 2.75) is 0 Å². The molecule has 5 aromatic rings. The summed E-state index contributed by atoms with van der Waals surface area (Å²) in [7, 11) is 1.57. The van der Waals surface area contributed by atoms with Crippen LogP contribution in [0.15, 0.2) is 76.5 Å². The van der Waals surface area contributed by atoms with Crippen molar-refractivity contribution < 1.29 is 13.9 Å². The van der Waals surface area contributed by atoms with Crippen LogP contribution >= 0.6 is 11.3 Å².